The molecule has 9 heteroatoms. The fourth-order valence-corrected chi connectivity index (χ4v) is 6.37. The number of carbonyl (C=O) groups is 1. The number of halogens is 1. The van der Waals surface area contributed by atoms with Crippen molar-refractivity contribution in [1.82, 2.24) is 9.29 Å². The lowest BCUT2D eigenvalue weighted by molar-refractivity contribution is -0.122. The van der Waals surface area contributed by atoms with E-state index in [4.69, 9.17) is 4.42 Å². The van der Waals surface area contributed by atoms with Gasteiger partial charge >= 0.3 is 0 Å². The summed E-state index contributed by atoms with van der Waals surface area (Å²) >= 11 is 0. The molecule has 0 saturated carbocycles. The molecule has 2 aromatic heterocycles. The molecule has 37 heavy (non-hydrogen) atoms. The lowest BCUT2D eigenvalue weighted by Gasteiger charge is -2.21. The van der Waals surface area contributed by atoms with Crippen LogP contribution in [0, 0.1) is 5.82 Å². The third-order valence-electron chi connectivity index (χ3n) is 6.72. The minimum absolute atomic E-state index is 0.120. The lowest BCUT2D eigenvalue weighted by atomic mass is 9.99. The maximum atomic E-state index is 13.6. The molecule has 1 saturated heterocycles. The smallest absolute Gasteiger partial charge is 0.277 e. The van der Waals surface area contributed by atoms with Crippen molar-refractivity contribution in [3.8, 4) is 11.1 Å². The van der Waals surface area contributed by atoms with Gasteiger partial charge in [0.2, 0.25) is 5.09 Å². The molecule has 0 aliphatic carbocycles. The Morgan fingerprint density at radius 1 is 1.11 bits per heavy atom. The van der Waals surface area contributed by atoms with Crippen molar-refractivity contribution in [1.29, 1.82) is 0 Å². The zero-order valence-electron chi connectivity index (χ0n) is 20.7. The van der Waals surface area contributed by atoms with Crippen molar-refractivity contribution in [2.75, 3.05) is 25.5 Å². The zero-order valence-corrected chi connectivity index (χ0v) is 21.5. The molecule has 4 aromatic rings. The standard InChI is InChI=1S/C28H28FN3O4S/c1-31(2)27-13-9-21(18-30-27)20-6-3-5-19(15-20)8-11-25(33)24-7-4-14-32(24)37(34,35)28-17-22-16-23(29)10-12-26(22)36-28/h3,5-6,9-10,12-13,15-18,24H,4,7-8,11,14H2,1-2H3. The van der Waals surface area contributed by atoms with Gasteiger partial charge in [0.05, 0.1) is 6.04 Å². The highest BCUT2D eigenvalue weighted by Gasteiger charge is 2.40. The fraction of sp³-hybridized carbons (Fsp3) is 0.286. The Kier molecular flexibility index (Phi) is 6.83. The highest BCUT2D eigenvalue weighted by molar-refractivity contribution is 7.89. The topological polar surface area (TPSA) is 83.7 Å². The molecule has 0 amide bonds. The van der Waals surface area contributed by atoms with Crippen LogP contribution in [0.25, 0.3) is 22.1 Å². The van der Waals surface area contributed by atoms with E-state index in [1.807, 2.05) is 61.6 Å². The highest BCUT2D eigenvalue weighted by Crippen LogP contribution is 2.31. The molecule has 1 fully saturated rings. The van der Waals surface area contributed by atoms with Crippen LogP contribution in [0.1, 0.15) is 24.8 Å². The summed E-state index contributed by atoms with van der Waals surface area (Å²) < 4.78 is 46.9. The number of fused-ring (bicyclic) bond motifs is 1. The van der Waals surface area contributed by atoms with Crippen LogP contribution in [-0.2, 0) is 21.2 Å². The third kappa shape index (κ3) is 5.14. The SMILES string of the molecule is CN(C)c1ccc(-c2cccc(CCC(=O)C3CCCN3S(=O)(=O)c3cc4cc(F)ccc4o3)c2)cn1. The van der Waals surface area contributed by atoms with E-state index in [1.54, 1.807) is 0 Å². The number of aromatic nitrogens is 1. The largest absolute Gasteiger partial charge is 0.443 e. The molecule has 1 aliphatic rings. The summed E-state index contributed by atoms with van der Waals surface area (Å²) in [6.45, 7) is 0.246. The first-order chi connectivity index (χ1) is 17.7. The first-order valence-corrected chi connectivity index (χ1v) is 13.6. The molecular formula is C28H28FN3O4S. The monoisotopic (exact) mass is 521 g/mol. The number of sulfonamides is 1. The molecule has 1 atom stereocenters. The Hall–Kier alpha value is -3.56. The molecule has 7 nitrogen and oxygen atoms in total. The van der Waals surface area contributed by atoms with Crippen LogP contribution in [-0.4, -0.2) is 50.2 Å². The molecule has 1 unspecified atom stereocenters. The van der Waals surface area contributed by atoms with Crippen LogP contribution in [0.4, 0.5) is 10.2 Å². The van der Waals surface area contributed by atoms with Gasteiger partial charge in [-0.2, -0.15) is 4.31 Å². The number of pyridine rings is 1. The van der Waals surface area contributed by atoms with Gasteiger partial charge in [-0.05, 0) is 60.7 Å². The van der Waals surface area contributed by atoms with E-state index in [-0.39, 0.29) is 29.4 Å². The molecule has 3 heterocycles. The lowest BCUT2D eigenvalue weighted by Crippen LogP contribution is -2.40. The van der Waals surface area contributed by atoms with E-state index < -0.39 is 21.9 Å². The summed E-state index contributed by atoms with van der Waals surface area (Å²) in [4.78, 5) is 19.6. The van der Waals surface area contributed by atoms with Gasteiger partial charge in [0, 0.05) is 50.3 Å². The molecule has 0 bridgehead atoms. The number of furan rings is 1. The van der Waals surface area contributed by atoms with Gasteiger partial charge in [0.1, 0.15) is 17.2 Å². The minimum Gasteiger partial charge on any atom is -0.443 e. The average Bonchev–Trinajstić information content (AvgIpc) is 3.56. The van der Waals surface area contributed by atoms with Crippen LogP contribution in [0.15, 0.2) is 76.4 Å². The van der Waals surface area contributed by atoms with Crippen LogP contribution in [0.3, 0.4) is 0 Å². The number of nitrogens with zero attached hydrogens (tertiary/aromatic N) is 3. The first-order valence-electron chi connectivity index (χ1n) is 12.2. The maximum absolute atomic E-state index is 13.6. The number of benzene rings is 2. The summed E-state index contributed by atoms with van der Waals surface area (Å²) in [5.41, 5.74) is 3.27. The maximum Gasteiger partial charge on any atom is 0.277 e. The number of ketones is 1. The van der Waals surface area contributed by atoms with Crippen molar-refractivity contribution in [2.24, 2.45) is 0 Å². The number of aryl methyl sites for hydroxylation is 1. The highest BCUT2D eigenvalue weighted by atomic mass is 32.2. The Morgan fingerprint density at radius 3 is 2.70 bits per heavy atom. The van der Waals surface area contributed by atoms with Gasteiger partial charge < -0.3 is 9.32 Å². The average molecular weight is 522 g/mol. The molecule has 0 N–H and O–H groups in total. The fourth-order valence-electron chi connectivity index (χ4n) is 4.74. The molecule has 5 rings (SSSR count). The second-order valence-corrected chi connectivity index (χ2v) is 11.3. The summed E-state index contributed by atoms with van der Waals surface area (Å²) in [6.07, 6.45) is 3.62. The number of rotatable bonds is 8. The molecule has 2 aromatic carbocycles. The predicted molar refractivity (Wildman–Crippen MR) is 140 cm³/mol. The Labute approximate surface area is 215 Å². The number of carbonyl (C=O) groups excluding carboxylic acids is 1. The van der Waals surface area contributed by atoms with E-state index >= 15 is 0 Å². The van der Waals surface area contributed by atoms with E-state index in [0.29, 0.717) is 24.6 Å². The van der Waals surface area contributed by atoms with Crippen LogP contribution < -0.4 is 4.90 Å². The van der Waals surface area contributed by atoms with Gasteiger partial charge in [-0.3, -0.25) is 4.79 Å². The molecule has 192 valence electrons. The third-order valence-corrected chi connectivity index (χ3v) is 8.48. The second kappa shape index (κ2) is 10.1. The molecule has 0 spiro atoms. The number of Topliss-reactive ketones (excluding diaryl/α,β-unsaturated/α-hetero) is 1. The van der Waals surface area contributed by atoms with Crippen molar-refractivity contribution in [3.05, 3.63) is 78.2 Å². The van der Waals surface area contributed by atoms with Crippen LogP contribution in [0.5, 0.6) is 0 Å². The molecule has 1 aliphatic heterocycles. The van der Waals surface area contributed by atoms with Crippen molar-refractivity contribution in [2.45, 2.75) is 36.8 Å². The normalized spacial score (nSPS) is 16.4. The van der Waals surface area contributed by atoms with Crippen LogP contribution in [0.2, 0.25) is 0 Å². The first kappa shape index (κ1) is 25.1. The van der Waals surface area contributed by atoms with E-state index in [2.05, 4.69) is 4.98 Å². The molecular weight excluding hydrogens is 493 g/mol. The van der Waals surface area contributed by atoms with Crippen molar-refractivity contribution < 1.29 is 22.0 Å². The predicted octanol–water partition coefficient (Wildman–Crippen LogP) is 5.05. The van der Waals surface area contributed by atoms with Crippen molar-refractivity contribution in [3.63, 3.8) is 0 Å². The summed E-state index contributed by atoms with van der Waals surface area (Å²) in [7, 11) is -0.153. The quantitative estimate of drug-likeness (QED) is 0.323. The summed E-state index contributed by atoms with van der Waals surface area (Å²) in [6, 6.07) is 16.4. The van der Waals surface area contributed by atoms with E-state index in [0.717, 1.165) is 22.5 Å². The van der Waals surface area contributed by atoms with E-state index in [9.17, 15) is 17.6 Å². The van der Waals surface area contributed by atoms with Gasteiger partial charge in [0.15, 0.2) is 5.78 Å². The Balaban J connectivity index is 1.29. The zero-order chi connectivity index (χ0) is 26.2. The van der Waals surface area contributed by atoms with E-state index in [1.165, 1.54) is 28.6 Å². The minimum atomic E-state index is -4.03. The number of hydrogen-bond donors (Lipinski definition) is 0. The molecule has 0 radical (unpaired) electrons. The summed E-state index contributed by atoms with van der Waals surface area (Å²) in [5, 5.41) is 0.0986. The van der Waals surface area contributed by atoms with Crippen LogP contribution >= 0.6 is 0 Å². The van der Waals surface area contributed by atoms with Gasteiger partial charge in [0.25, 0.3) is 10.0 Å². The van der Waals surface area contributed by atoms with Gasteiger partial charge in [-0.15, -0.1) is 0 Å². The van der Waals surface area contributed by atoms with Crippen molar-refractivity contribution >= 4 is 32.6 Å². The summed E-state index contributed by atoms with van der Waals surface area (Å²) in [5.74, 6) is 0.277. The van der Waals surface area contributed by atoms with Gasteiger partial charge in [-0.1, -0.05) is 24.3 Å². The Morgan fingerprint density at radius 2 is 1.95 bits per heavy atom. The van der Waals surface area contributed by atoms with Gasteiger partial charge in [-0.25, -0.2) is 17.8 Å². The number of anilines is 1. The number of hydrogen-bond acceptors (Lipinski definition) is 6. The Bertz CT molecular complexity index is 1550. The second-order valence-electron chi connectivity index (χ2n) is 9.49.